The highest BCUT2D eigenvalue weighted by Gasteiger charge is 2.25. The number of rotatable bonds is 1. The van der Waals surface area contributed by atoms with E-state index in [1.165, 1.54) is 5.56 Å². The van der Waals surface area contributed by atoms with Gasteiger partial charge in [-0.1, -0.05) is 53.7 Å². The Labute approximate surface area is 99.8 Å². The molecule has 0 bridgehead atoms. The molecule has 1 aromatic rings. The third-order valence-corrected chi connectivity index (χ3v) is 2.71. The molecule has 1 heteroatoms. The van der Waals surface area contributed by atoms with E-state index >= 15 is 0 Å². The van der Waals surface area contributed by atoms with E-state index in [1.807, 2.05) is 6.07 Å². The molecule has 0 saturated carbocycles. The average molecular weight is 219 g/mol. The van der Waals surface area contributed by atoms with Gasteiger partial charge in [-0.25, -0.2) is 0 Å². The van der Waals surface area contributed by atoms with Gasteiger partial charge in [0.1, 0.15) is 5.75 Å². The fourth-order valence-electron chi connectivity index (χ4n) is 1.84. The van der Waals surface area contributed by atoms with Gasteiger partial charge in [-0.15, -0.1) is 0 Å². The summed E-state index contributed by atoms with van der Waals surface area (Å²) in [6, 6.07) is 7.42. The zero-order chi connectivity index (χ0) is 12.6. The zero-order valence-corrected chi connectivity index (χ0v) is 11.6. The first-order valence-corrected chi connectivity index (χ1v) is 5.77. The molecule has 0 atom stereocenters. The predicted octanol–water partition coefficient (Wildman–Crippen LogP) is 4.09. The van der Waals surface area contributed by atoms with E-state index in [9.17, 15) is 0 Å². The molecule has 0 fully saturated rings. The number of hydrogen-bond donors (Lipinski definition) is 0. The van der Waals surface area contributed by atoms with E-state index < -0.39 is 0 Å². The highest BCUT2D eigenvalue weighted by molar-refractivity contribution is 5.47. The first-order valence-electron chi connectivity index (χ1n) is 5.77. The average Bonchev–Trinajstić information content (AvgIpc) is 2.13. The summed E-state index contributed by atoms with van der Waals surface area (Å²) in [4.78, 5) is 0. The smallest absolute Gasteiger partial charge is 0.126 e. The Balaban J connectivity index is 3.45. The first-order chi connectivity index (χ1) is 7.18. The Morgan fingerprint density at radius 2 is 1.56 bits per heavy atom. The quantitative estimate of drug-likeness (QED) is 0.691. The van der Waals surface area contributed by atoms with Gasteiger partial charge in [0.2, 0.25) is 0 Å². The summed E-state index contributed by atoms with van der Waals surface area (Å²) in [6.45, 7) is 13.2. The van der Waals surface area contributed by atoms with Gasteiger partial charge in [0, 0.05) is 5.56 Å². The molecular formula is C15H23O. The van der Waals surface area contributed by atoms with E-state index in [0.29, 0.717) is 0 Å². The van der Waals surface area contributed by atoms with Crippen molar-refractivity contribution in [1.29, 1.82) is 0 Å². The third kappa shape index (κ3) is 2.58. The maximum Gasteiger partial charge on any atom is 0.126 e. The molecular weight excluding hydrogens is 196 g/mol. The van der Waals surface area contributed by atoms with Gasteiger partial charge in [0.25, 0.3) is 0 Å². The summed E-state index contributed by atoms with van der Waals surface area (Å²) in [5, 5.41) is 0. The molecule has 16 heavy (non-hydrogen) atoms. The summed E-state index contributed by atoms with van der Waals surface area (Å²) in [5.41, 5.74) is 2.56. The van der Waals surface area contributed by atoms with Gasteiger partial charge in [0.05, 0.1) is 7.11 Å². The molecule has 89 valence electrons. The van der Waals surface area contributed by atoms with Crippen LogP contribution in [-0.2, 0) is 10.8 Å². The topological polar surface area (TPSA) is 9.23 Å². The van der Waals surface area contributed by atoms with Crippen molar-refractivity contribution in [3.63, 3.8) is 0 Å². The second-order valence-corrected chi connectivity index (χ2v) is 6.30. The fraction of sp³-hybridized carbons (Fsp3) is 0.600. The van der Waals surface area contributed by atoms with Gasteiger partial charge in [0.15, 0.2) is 0 Å². The molecule has 1 rings (SSSR count). The predicted molar refractivity (Wildman–Crippen MR) is 69.2 cm³/mol. The minimum absolute atomic E-state index is 0.0621. The minimum atomic E-state index is 0.0621. The SMILES string of the molecule is COc1c(C(C)(C)C)[c]ccc1C(C)(C)C. The standard InChI is InChI=1S/C15H23O/c1-14(2,3)11-9-8-10-12(13(11)16-7)15(4,5)6/h8-9H,1-7H3. The molecule has 0 heterocycles. The van der Waals surface area contributed by atoms with Crippen molar-refractivity contribution in [1.82, 2.24) is 0 Å². The van der Waals surface area contributed by atoms with Crippen LogP contribution >= 0.6 is 0 Å². The summed E-state index contributed by atoms with van der Waals surface area (Å²) in [7, 11) is 1.74. The molecule has 0 aliphatic rings. The van der Waals surface area contributed by atoms with E-state index in [4.69, 9.17) is 4.74 Å². The Bertz CT molecular complexity index is 332. The van der Waals surface area contributed by atoms with E-state index in [0.717, 1.165) is 11.3 Å². The molecule has 0 unspecified atom stereocenters. The molecule has 1 nitrogen and oxygen atoms in total. The third-order valence-electron chi connectivity index (χ3n) is 2.71. The van der Waals surface area contributed by atoms with Crippen LogP contribution in [0.15, 0.2) is 12.1 Å². The summed E-state index contributed by atoms with van der Waals surface area (Å²) in [5.74, 6) is 0.988. The van der Waals surface area contributed by atoms with Gasteiger partial charge < -0.3 is 4.74 Å². The zero-order valence-electron chi connectivity index (χ0n) is 11.6. The van der Waals surface area contributed by atoms with Crippen molar-refractivity contribution in [2.45, 2.75) is 52.4 Å². The molecule has 0 N–H and O–H groups in total. The van der Waals surface area contributed by atoms with Crippen molar-refractivity contribution in [2.24, 2.45) is 0 Å². The van der Waals surface area contributed by atoms with E-state index in [2.05, 4.69) is 53.7 Å². The van der Waals surface area contributed by atoms with Crippen LogP contribution in [0.2, 0.25) is 0 Å². The number of methoxy groups -OCH3 is 1. The highest BCUT2D eigenvalue weighted by Crippen LogP contribution is 2.38. The van der Waals surface area contributed by atoms with Gasteiger partial charge in [-0.05, 0) is 22.5 Å². The Hall–Kier alpha value is -0.980. The van der Waals surface area contributed by atoms with Crippen molar-refractivity contribution >= 4 is 0 Å². The Kier molecular flexibility index (Phi) is 3.37. The second-order valence-electron chi connectivity index (χ2n) is 6.30. The van der Waals surface area contributed by atoms with Crippen molar-refractivity contribution in [3.05, 3.63) is 29.3 Å². The summed E-state index contributed by atoms with van der Waals surface area (Å²) < 4.78 is 5.60. The van der Waals surface area contributed by atoms with Crippen LogP contribution in [0.3, 0.4) is 0 Å². The molecule has 1 radical (unpaired) electrons. The minimum Gasteiger partial charge on any atom is -0.496 e. The van der Waals surface area contributed by atoms with Crippen molar-refractivity contribution < 1.29 is 4.74 Å². The van der Waals surface area contributed by atoms with Gasteiger partial charge >= 0.3 is 0 Å². The van der Waals surface area contributed by atoms with Crippen LogP contribution in [0, 0.1) is 6.07 Å². The Morgan fingerprint density at radius 1 is 1.00 bits per heavy atom. The molecule has 0 amide bonds. The number of hydrogen-bond acceptors (Lipinski definition) is 1. The lowest BCUT2D eigenvalue weighted by Gasteiger charge is -2.28. The normalized spacial score (nSPS) is 12.7. The second kappa shape index (κ2) is 4.12. The van der Waals surface area contributed by atoms with Crippen LogP contribution in [0.5, 0.6) is 5.75 Å². The summed E-state index contributed by atoms with van der Waals surface area (Å²) >= 11 is 0. The van der Waals surface area contributed by atoms with Crippen molar-refractivity contribution in [3.8, 4) is 5.75 Å². The van der Waals surface area contributed by atoms with E-state index in [-0.39, 0.29) is 10.8 Å². The first kappa shape index (κ1) is 13.1. The molecule has 0 aliphatic carbocycles. The summed E-state index contributed by atoms with van der Waals surface area (Å²) in [6.07, 6.45) is 0. The maximum atomic E-state index is 5.60. The maximum absolute atomic E-state index is 5.60. The molecule has 0 aliphatic heterocycles. The van der Waals surface area contributed by atoms with Crippen LogP contribution in [0.1, 0.15) is 52.7 Å². The van der Waals surface area contributed by atoms with Crippen LogP contribution in [0.4, 0.5) is 0 Å². The van der Waals surface area contributed by atoms with Crippen LogP contribution in [0.25, 0.3) is 0 Å². The van der Waals surface area contributed by atoms with Gasteiger partial charge in [-0.2, -0.15) is 0 Å². The lowest BCUT2D eigenvalue weighted by Crippen LogP contribution is -2.18. The highest BCUT2D eigenvalue weighted by atomic mass is 16.5. The molecule has 0 spiro atoms. The number of benzene rings is 1. The fourth-order valence-corrected chi connectivity index (χ4v) is 1.84. The Morgan fingerprint density at radius 3 is 1.94 bits per heavy atom. The van der Waals surface area contributed by atoms with E-state index in [1.54, 1.807) is 7.11 Å². The number of ether oxygens (including phenoxy) is 1. The van der Waals surface area contributed by atoms with Gasteiger partial charge in [-0.3, -0.25) is 0 Å². The monoisotopic (exact) mass is 219 g/mol. The molecule has 0 saturated heterocycles. The lowest BCUT2D eigenvalue weighted by atomic mass is 9.79. The van der Waals surface area contributed by atoms with Crippen molar-refractivity contribution in [2.75, 3.05) is 7.11 Å². The molecule has 0 aromatic heterocycles. The molecule has 1 aromatic carbocycles. The largest absolute Gasteiger partial charge is 0.496 e. The lowest BCUT2D eigenvalue weighted by molar-refractivity contribution is 0.381. The van der Waals surface area contributed by atoms with Crippen LogP contribution in [-0.4, -0.2) is 7.11 Å². The van der Waals surface area contributed by atoms with Crippen LogP contribution < -0.4 is 4.74 Å².